The second-order valence-electron chi connectivity index (χ2n) is 11.6. The zero-order valence-electron chi connectivity index (χ0n) is 22.8. The maximum atomic E-state index is 13.8. The SMILES string of the molecule is O=C(Nc1ccc(N2CCN(C(=O)C3(c4ccccc4)CCCC3)CC2)cc1)C1(c2ccccc2)CCCC1. The van der Waals surface area contributed by atoms with Crippen molar-refractivity contribution in [2.24, 2.45) is 0 Å². The highest BCUT2D eigenvalue weighted by Gasteiger charge is 2.45. The summed E-state index contributed by atoms with van der Waals surface area (Å²) < 4.78 is 0. The monoisotopic (exact) mass is 521 g/mol. The molecule has 39 heavy (non-hydrogen) atoms. The Balaban J connectivity index is 1.09. The van der Waals surface area contributed by atoms with E-state index in [2.05, 4.69) is 63.6 Å². The van der Waals surface area contributed by atoms with Gasteiger partial charge in [-0.05, 0) is 61.1 Å². The Bertz CT molecular complexity index is 1270. The lowest BCUT2D eigenvalue weighted by Crippen LogP contribution is -2.54. The van der Waals surface area contributed by atoms with Gasteiger partial charge in [0.15, 0.2) is 0 Å². The Morgan fingerprint density at radius 3 is 1.62 bits per heavy atom. The number of anilines is 2. The number of hydrogen-bond acceptors (Lipinski definition) is 3. The van der Waals surface area contributed by atoms with Crippen molar-refractivity contribution < 1.29 is 9.59 Å². The van der Waals surface area contributed by atoms with Crippen LogP contribution in [0.1, 0.15) is 62.5 Å². The van der Waals surface area contributed by atoms with Crippen molar-refractivity contribution in [2.75, 3.05) is 36.4 Å². The highest BCUT2D eigenvalue weighted by Crippen LogP contribution is 2.43. The molecule has 1 N–H and O–H groups in total. The van der Waals surface area contributed by atoms with Gasteiger partial charge in [-0.3, -0.25) is 9.59 Å². The van der Waals surface area contributed by atoms with Crippen LogP contribution in [0.15, 0.2) is 84.9 Å². The lowest BCUT2D eigenvalue weighted by atomic mass is 9.77. The predicted molar refractivity (Wildman–Crippen MR) is 157 cm³/mol. The minimum atomic E-state index is -0.431. The van der Waals surface area contributed by atoms with Crippen LogP contribution in [0.2, 0.25) is 0 Å². The molecule has 2 amide bonds. The van der Waals surface area contributed by atoms with Gasteiger partial charge in [-0.1, -0.05) is 86.3 Å². The molecule has 0 bridgehead atoms. The van der Waals surface area contributed by atoms with E-state index in [1.165, 1.54) is 5.56 Å². The van der Waals surface area contributed by atoms with Crippen molar-refractivity contribution in [1.29, 1.82) is 0 Å². The van der Waals surface area contributed by atoms with E-state index < -0.39 is 5.41 Å². The zero-order chi connectivity index (χ0) is 26.7. The van der Waals surface area contributed by atoms with Crippen LogP contribution in [0.4, 0.5) is 11.4 Å². The van der Waals surface area contributed by atoms with E-state index in [0.29, 0.717) is 5.91 Å². The summed E-state index contributed by atoms with van der Waals surface area (Å²) >= 11 is 0. The van der Waals surface area contributed by atoms with Gasteiger partial charge < -0.3 is 15.1 Å². The lowest BCUT2D eigenvalue weighted by Gasteiger charge is -2.41. The molecule has 2 saturated carbocycles. The van der Waals surface area contributed by atoms with Crippen molar-refractivity contribution in [3.05, 3.63) is 96.1 Å². The van der Waals surface area contributed by atoms with Crippen LogP contribution < -0.4 is 10.2 Å². The fraction of sp³-hybridized carbons (Fsp3) is 0.412. The topological polar surface area (TPSA) is 52.7 Å². The minimum absolute atomic E-state index is 0.102. The molecule has 5 nitrogen and oxygen atoms in total. The van der Waals surface area contributed by atoms with Gasteiger partial charge in [-0.15, -0.1) is 0 Å². The van der Waals surface area contributed by atoms with Crippen LogP contribution in [0.5, 0.6) is 0 Å². The zero-order valence-corrected chi connectivity index (χ0v) is 22.8. The molecule has 0 aromatic heterocycles. The first kappa shape index (κ1) is 25.7. The third kappa shape index (κ3) is 4.84. The molecule has 0 radical (unpaired) electrons. The van der Waals surface area contributed by atoms with E-state index >= 15 is 0 Å². The molecular formula is C34H39N3O2. The summed E-state index contributed by atoms with van der Waals surface area (Å²) in [4.78, 5) is 31.8. The predicted octanol–water partition coefficient (Wildman–Crippen LogP) is 6.30. The van der Waals surface area contributed by atoms with Gasteiger partial charge in [0.05, 0.1) is 10.8 Å². The molecule has 1 aliphatic heterocycles. The molecule has 0 unspecified atom stereocenters. The smallest absolute Gasteiger partial charge is 0.235 e. The first-order valence-corrected chi connectivity index (χ1v) is 14.7. The van der Waals surface area contributed by atoms with Gasteiger partial charge in [0.2, 0.25) is 11.8 Å². The van der Waals surface area contributed by atoms with Gasteiger partial charge in [0, 0.05) is 37.6 Å². The maximum Gasteiger partial charge on any atom is 0.235 e. The van der Waals surface area contributed by atoms with Crippen LogP contribution in [-0.2, 0) is 20.4 Å². The number of nitrogens with zero attached hydrogens (tertiary/aromatic N) is 2. The van der Waals surface area contributed by atoms with Gasteiger partial charge in [0.1, 0.15) is 0 Å². The first-order chi connectivity index (χ1) is 19.1. The summed E-state index contributed by atoms with van der Waals surface area (Å²) in [5.74, 6) is 0.411. The van der Waals surface area contributed by atoms with E-state index in [1.54, 1.807) is 0 Å². The van der Waals surface area contributed by atoms with Gasteiger partial charge in [-0.25, -0.2) is 0 Å². The van der Waals surface area contributed by atoms with E-state index in [4.69, 9.17) is 0 Å². The Hall–Kier alpha value is -3.60. The molecule has 6 rings (SSSR count). The van der Waals surface area contributed by atoms with Gasteiger partial charge in [0.25, 0.3) is 0 Å². The van der Waals surface area contributed by atoms with Gasteiger partial charge >= 0.3 is 0 Å². The summed E-state index contributed by atoms with van der Waals surface area (Å²) in [6.07, 6.45) is 8.12. The molecule has 3 aromatic rings. The van der Waals surface area contributed by atoms with Crippen LogP contribution >= 0.6 is 0 Å². The highest BCUT2D eigenvalue weighted by molar-refractivity contribution is 5.99. The molecule has 1 saturated heterocycles. The molecule has 2 aliphatic carbocycles. The maximum absolute atomic E-state index is 13.8. The number of carbonyl (C=O) groups is 2. The van der Waals surface area contributed by atoms with Crippen LogP contribution in [0.3, 0.4) is 0 Å². The van der Waals surface area contributed by atoms with Crippen LogP contribution in [-0.4, -0.2) is 42.9 Å². The standard InChI is InChI=1S/C34H39N3O2/c38-31(33(19-7-8-20-33)27-11-3-1-4-12-27)35-29-15-17-30(18-16-29)36-23-25-37(26-24-36)32(39)34(21-9-10-22-34)28-13-5-2-6-14-28/h1-6,11-18H,7-10,19-26H2,(H,35,38). The number of hydrogen-bond donors (Lipinski definition) is 1. The van der Waals surface area contributed by atoms with Crippen molar-refractivity contribution in [3.8, 4) is 0 Å². The third-order valence-electron chi connectivity index (χ3n) is 9.47. The molecule has 3 fully saturated rings. The number of rotatable bonds is 6. The summed E-state index contributed by atoms with van der Waals surface area (Å²) in [6.45, 7) is 3.12. The van der Waals surface area contributed by atoms with Crippen molar-refractivity contribution in [1.82, 2.24) is 4.90 Å². The second kappa shape index (κ2) is 10.9. The molecule has 1 heterocycles. The number of piperazine rings is 1. The normalized spacial score (nSPS) is 20.1. The molecule has 0 atom stereocenters. The fourth-order valence-corrected chi connectivity index (χ4v) is 7.22. The third-order valence-corrected chi connectivity index (χ3v) is 9.47. The van der Waals surface area contributed by atoms with Crippen LogP contribution in [0, 0.1) is 0 Å². The van der Waals surface area contributed by atoms with E-state index in [-0.39, 0.29) is 11.3 Å². The van der Waals surface area contributed by atoms with Crippen molar-refractivity contribution in [3.63, 3.8) is 0 Å². The van der Waals surface area contributed by atoms with Gasteiger partial charge in [-0.2, -0.15) is 0 Å². The molecule has 3 aromatic carbocycles. The Labute approximate surface area is 232 Å². The second-order valence-corrected chi connectivity index (χ2v) is 11.6. The average molecular weight is 522 g/mol. The van der Waals surface area contributed by atoms with E-state index in [0.717, 1.165) is 94.5 Å². The summed E-state index contributed by atoms with van der Waals surface area (Å²) in [6, 6.07) is 28.9. The van der Waals surface area contributed by atoms with Crippen molar-refractivity contribution in [2.45, 2.75) is 62.2 Å². The number of benzene rings is 3. The molecular weight excluding hydrogens is 482 g/mol. The fourth-order valence-electron chi connectivity index (χ4n) is 7.22. The quantitative estimate of drug-likeness (QED) is 0.414. The van der Waals surface area contributed by atoms with E-state index in [1.807, 2.05) is 36.4 Å². The largest absolute Gasteiger partial charge is 0.368 e. The molecule has 202 valence electrons. The molecule has 3 aliphatic rings. The molecule has 5 heteroatoms. The first-order valence-electron chi connectivity index (χ1n) is 14.7. The number of amides is 2. The number of carbonyl (C=O) groups excluding carboxylic acids is 2. The summed E-state index contributed by atoms with van der Waals surface area (Å²) in [7, 11) is 0. The van der Waals surface area contributed by atoms with Crippen LogP contribution in [0.25, 0.3) is 0 Å². The molecule has 0 spiro atoms. The average Bonchev–Trinajstić information content (AvgIpc) is 3.71. The lowest BCUT2D eigenvalue weighted by molar-refractivity contribution is -0.137. The summed E-state index contributed by atoms with van der Waals surface area (Å²) in [5, 5.41) is 3.22. The Morgan fingerprint density at radius 2 is 1.08 bits per heavy atom. The Kier molecular flexibility index (Phi) is 7.16. The van der Waals surface area contributed by atoms with Crippen molar-refractivity contribution >= 4 is 23.2 Å². The highest BCUT2D eigenvalue weighted by atomic mass is 16.2. The van der Waals surface area contributed by atoms with E-state index in [9.17, 15) is 9.59 Å². The summed E-state index contributed by atoms with van der Waals surface area (Å²) in [5.41, 5.74) is 3.50. The Morgan fingerprint density at radius 1 is 0.590 bits per heavy atom. The minimum Gasteiger partial charge on any atom is -0.368 e. The number of nitrogens with one attached hydrogen (secondary N) is 1.